The molecule has 6 heteroatoms. The molecule has 0 aromatic carbocycles. The first kappa shape index (κ1) is 16.1. The number of ether oxygens (including phenoxy) is 1. The molecule has 1 amide bonds. The molecule has 20 heavy (non-hydrogen) atoms. The van der Waals surface area contributed by atoms with Crippen molar-refractivity contribution < 1.29 is 14.3 Å². The number of amides is 1. The van der Waals surface area contributed by atoms with E-state index >= 15 is 0 Å². The van der Waals surface area contributed by atoms with E-state index in [1.807, 2.05) is 13.8 Å². The van der Waals surface area contributed by atoms with Gasteiger partial charge in [-0.05, 0) is 25.8 Å². The Morgan fingerprint density at radius 1 is 1.45 bits per heavy atom. The van der Waals surface area contributed by atoms with E-state index in [1.165, 1.54) is 0 Å². The number of nitrogens with zero attached hydrogens (tertiary/aromatic N) is 2. The Hall–Kier alpha value is -1.98. The Bertz CT molecular complexity index is 468. The van der Waals surface area contributed by atoms with Crippen molar-refractivity contribution in [2.45, 2.75) is 39.2 Å². The smallest absolute Gasteiger partial charge is 0.333 e. The quantitative estimate of drug-likeness (QED) is 0.440. The highest BCUT2D eigenvalue weighted by Crippen LogP contribution is 2.28. The highest BCUT2D eigenvalue weighted by Gasteiger charge is 2.37. The number of carbonyl (C=O) groups excluding carboxylic acids is 2. The largest absolute Gasteiger partial charge is 0.460 e. The first-order chi connectivity index (χ1) is 9.45. The van der Waals surface area contributed by atoms with Crippen molar-refractivity contribution in [3.63, 3.8) is 0 Å². The van der Waals surface area contributed by atoms with E-state index < -0.39 is 11.5 Å². The third kappa shape index (κ3) is 3.76. The van der Waals surface area contributed by atoms with E-state index in [0.29, 0.717) is 12.0 Å². The van der Waals surface area contributed by atoms with E-state index in [9.17, 15) is 9.59 Å². The van der Waals surface area contributed by atoms with E-state index in [0.717, 1.165) is 12.1 Å². The minimum atomic E-state index is -0.913. The summed E-state index contributed by atoms with van der Waals surface area (Å²) in [6.45, 7) is 9.25. The molecule has 0 saturated carbocycles. The third-order valence-corrected chi connectivity index (χ3v) is 3.03. The molecule has 1 atom stereocenters. The fraction of sp³-hybridized carbons (Fsp3) is 0.571. The molecule has 0 saturated heterocycles. The van der Waals surface area contributed by atoms with Gasteiger partial charge in [-0.15, -0.1) is 0 Å². The third-order valence-electron chi connectivity index (χ3n) is 3.03. The van der Waals surface area contributed by atoms with Crippen LogP contribution in [0.25, 0.3) is 0 Å². The lowest BCUT2D eigenvalue weighted by molar-refractivity contribution is -0.139. The molecule has 0 radical (unpaired) electrons. The average molecular weight is 279 g/mol. The summed E-state index contributed by atoms with van der Waals surface area (Å²) in [5.41, 5.74) is 0.237. The van der Waals surface area contributed by atoms with Gasteiger partial charge in [-0.2, -0.15) is 10.2 Å². The molecule has 0 fully saturated rings. The van der Waals surface area contributed by atoms with Crippen molar-refractivity contribution in [3.8, 4) is 0 Å². The van der Waals surface area contributed by atoms with Crippen LogP contribution in [-0.2, 0) is 14.3 Å². The second-order valence-electron chi connectivity index (χ2n) is 4.64. The van der Waals surface area contributed by atoms with Gasteiger partial charge in [-0.3, -0.25) is 4.79 Å². The summed E-state index contributed by atoms with van der Waals surface area (Å²) in [6, 6.07) is 0. The highest BCUT2D eigenvalue weighted by atomic mass is 16.5. The Labute approximate surface area is 119 Å². The maximum atomic E-state index is 12.2. The van der Waals surface area contributed by atoms with E-state index in [2.05, 4.69) is 22.1 Å². The molecule has 1 aliphatic rings. The normalized spacial score (nSPS) is 20.4. The van der Waals surface area contributed by atoms with Crippen LogP contribution in [0.15, 0.2) is 34.2 Å². The summed E-state index contributed by atoms with van der Waals surface area (Å²) in [7, 11) is 0. The summed E-state index contributed by atoms with van der Waals surface area (Å²) < 4.78 is 4.90. The number of nitrogens with one attached hydrogen (secondary N) is 1. The Balaban J connectivity index is 2.47. The van der Waals surface area contributed by atoms with Crippen molar-refractivity contribution in [3.05, 3.63) is 23.9 Å². The molecule has 1 aliphatic heterocycles. The summed E-state index contributed by atoms with van der Waals surface area (Å²) in [5, 5.41) is 10.8. The van der Waals surface area contributed by atoms with E-state index in [4.69, 9.17) is 4.74 Å². The lowest BCUT2D eigenvalue weighted by Gasteiger charge is -2.19. The van der Waals surface area contributed by atoms with Gasteiger partial charge in [0, 0.05) is 5.57 Å². The summed E-state index contributed by atoms with van der Waals surface area (Å²) in [6.07, 6.45) is 3.08. The van der Waals surface area contributed by atoms with Crippen LogP contribution in [0, 0.1) is 0 Å². The second kappa shape index (κ2) is 6.98. The Morgan fingerprint density at radius 3 is 2.65 bits per heavy atom. The van der Waals surface area contributed by atoms with Crippen LogP contribution in [0.5, 0.6) is 0 Å². The zero-order chi connectivity index (χ0) is 15.2. The maximum absolute atomic E-state index is 12.2. The van der Waals surface area contributed by atoms with Crippen LogP contribution in [0.1, 0.15) is 33.6 Å². The predicted octanol–water partition coefficient (Wildman–Crippen LogP) is 2.13. The number of rotatable bonds is 7. The number of hydrogen-bond donors (Lipinski definition) is 1. The van der Waals surface area contributed by atoms with Crippen molar-refractivity contribution in [2.75, 3.05) is 13.2 Å². The topological polar surface area (TPSA) is 80.1 Å². The minimum absolute atomic E-state index is 0.110. The molecule has 6 nitrogen and oxygen atoms in total. The number of azo groups is 1. The van der Waals surface area contributed by atoms with Gasteiger partial charge in [0.15, 0.2) is 5.54 Å². The maximum Gasteiger partial charge on any atom is 0.333 e. The number of carbonyl (C=O) groups is 2. The van der Waals surface area contributed by atoms with E-state index in [1.54, 1.807) is 13.0 Å². The van der Waals surface area contributed by atoms with Gasteiger partial charge in [0.2, 0.25) is 0 Å². The van der Waals surface area contributed by atoms with Gasteiger partial charge >= 0.3 is 5.97 Å². The van der Waals surface area contributed by atoms with Gasteiger partial charge in [0.25, 0.3) is 5.91 Å². The number of esters is 1. The van der Waals surface area contributed by atoms with Crippen molar-refractivity contribution in [1.82, 2.24) is 5.32 Å². The van der Waals surface area contributed by atoms with Crippen molar-refractivity contribution in [1.29, 1.82) is 0 Å². The Morgan fingerprint density at radius 2 is 2.15 bits per heavy atom. The summed E-state index contributed by atoms with van der Waals surface area (Å²) in [5.74, 6) is -0.684. The molecule has 0 aliphatic carbocycles. The van der Waals surface area contributed by atoms with Crippen molar-refractivity contribution in [2.24, 2.45) is 10.2 Å². The lowest BCUT2D eigenvalue weighted by Crippen LogP contribution is -2.44. The van der Waals surface area contributed by atoms with Gasteiger partial charge in [0.1, 0.15) is 6.61 Å². The zero-order valence-electron chi connectivity index (χ0n) is 12.2. The standard InChI is InChI=1S/C14H21N3O3/c1-5-11-9-14(6-2,17-16-11)13(19)15-7-8-20-12(18)10(3)4/h9H,3,5-8H2,1-2,4H3,(H,15,19). The fourth-order valence-electron chi connectivity index (χ4n) is 1.69. The molecule has 0 aromatic rings. The molecule has 0 bridgehead atoms. The van der Waals surface area contributed by atoms with Gasteiger partial charge in [-0.25, -0.2) is 4.79 Å². The monoisotopic (exact) mass is 279 g/mol. The first-order valence-electron chi connectivity index (χ1n) is 6.70. The number of hydrogen-bond acceptors (Lipinski definition) is 5. The Kier molecular flexibility index (Phi) is 5.61. The van der Waals surface area contributed by atoms with Crippen LogP contribution in [-0.4, -0.2) is 30.6 Å². The average Bonchev–Trinajstić information content (AvgIpc) is 2.87. The number of allylic oxidation sites excluding steroid dienone is 1. The van der Waals surface area contributed by atoms with E-state index in [-0.39, 0.29) is 19.1 Å². The SMILES string of the molecule is C=C(C)C(=O)OCCNC(=O)C1(CC)C=C(CC)N=N1. The molecule has 110 valence electrons. The van der Waals surface area contributed by atoms with Gasteiger partial charge in [-0.1, -0.05) is 20.4 Å². The lowest BCUT2D eigenvalue weighted by atomic mass is 9.95. The van der Waals surface area contributed by atoms with Crippen LogP contribution in [0.4, 0.5) is 0 Å². The first-order valence-corrected chi connectivity index (χ1v) is 6.70. The molecule has 1 heterocycles. The van der Waals surface area contributed by atoms with Crippen LogP contribution in [0.3, 0.4) is 0 Å². The van der Waals surface area contributed by atoms with Gasteiger partial charge < -0.3 is 10.1 Å². The minimum Gasteiger partial charge on any atom is -0.460 e. The van der Waals surface area contributed by atoms with Crippen LogP contribution >= 0.6 is 0 Å². The molecule has 1 unspecified atom stereocenters. The van der Waals surface area contributed by atoms with Crippen molar-refractivity contribution >= 4 is 11.9 Å². The summed E-state index contributed by atoms with van der Waals surface area (Å²) >= 11 is 0. The van der Waals surface area contributed by atoms with Crippen LogP contribution < -0.4 is 5.32 Å². The summed E-state index contributed by atoms with van der Waals surface area (Å²) in [4.78, 5) is 23.3. The zero-order valence-corrected chi connectivity index (χ0v) is 12.2. The van der Waals surface area contributed by atoms with Gasteiger partial charge in [0.05, 0.1) is 12.2 Å². The second-order valence-corrected chi connectivity index (χ2v) is 4.64. The predicted molar refractivity (Wildman–Crippen MR) is 75.0 cm³/mol. The van der Waals surface area contributed by atoms with Crippen LogP contribution in [0.2, 0.25) is 0 Å². The molecule has 0 spiro atoms. The highest BCUT2D eigenvalue weighted by molar-refractivity contribution is 5.89. The molecule has 1 rings (SSSR count). The molecule has 0 aromatic heterocycles. The molecule has 1 N–H and O–H groups in total. The molecular formula is C14H21N3O3. The molecular weight excluding hydrogens is 258 g/mol. The fourth-order valence-corrected chi connectivity index (χ4v) is 1.69.